The molecule has 5 nitrogen and oxygen atoms in total. The molecule has 5 rings (SSSR count). The largest absolute Gasteiger partial charge is 0.314 e. The van der Waals surface area contributed by atoms with Crippen molar-refractivity contribution in [2.24, 2.45) is 0 Å². The molecule has 1 atom stereocenters. The van der Waals surface area contributed by atoms with Crippen LogP contribution in [-0.4, -0.2) is 31.2 Å². The molecule has 134 valence electrons. The van der Waals surface area contributed by atoms with Crippen LogP contribution < -0.4 is 0 Å². The van der Waals surface area contributed by atoms with Crippen molar-refractivity contribution in [3.8, 4) is 0 Å². The number of para-hydroxylation sites is 1. The van der Waals surface area contributed by atoms with Crippen molar-refractivity contribution >= 4 is 10.9 Å². The highest BCUT2D eigenvalue weighted by atomic mass is 15.3. The molecule has 0 aliphatic carbocycles. The molecule has 4 heterocycles. The Balaban J connectivity index is 1.45. The van der Waals surface area contributed by atoms with Crippen LogP contribution in [0.3, 0.4) is 0 Å². The van der Waals surface area contributed by atoms with Gasteiger partial charge in [-0.1, -0.05) is 30.7 Å². The molecule has 1 aromatic carbocycles. The van der Waals surface area contributed by atoms with Crippen molar-refractivity contribution in [3.05, 3.63) is 53.7 Å². The summed E-state index contributed by atoms with van der Waals surface area (Å²) in [4.78, 5) is 7.21. The highest BCUT2D eigenvalue weighted by Gasteiger charge is 2.31. The number of hydrogen-bond donors (Lipinski definition) is 0. The van der Waals surface area contributed by atoms with Crippen LogP contribution in [0.15, 0.2) is 36.5 Å². The summed E-state index contributed by atoms with van der Waals surface area (Å²) in [6.07, 6.45) is 9.17. The number of fused-ring (bicyclic) bond motifs is 2. The van der Waals surface area contributed by atoms with E-state index in [-0.39, 0.29) is 0 Å². The van der Waals surface area contributed by atoms with Crippen molar-refractivity contribution < 1.29 is 0 Å². The van der Waals surface area contributed by atoms with E-state index in [0.29, 0.717) is 6.04 Å². The zero-order chi connectivity index (χ0) is 17.3. The summed E-state index contributed by atoms with van der Waals surface area (Å²) in [5.74, 6) is 2.38. The zero-order valence-corrected chi connectivity index (χ0v) is 15.1. The van der Waals surface area contributed by atoms with Gasteiger partial charge >= 0.3 is 0 Å². The van der Waals surface area contributed by atoms with Gasteiger partial charge in [0.25, 0.3) is 0 Å². The molecular weight excluding hydrogens is 322 g/mol. The Morgan fingerprint density at radius 2 is 1.92 bits per heavy atom. The van der Waals surface area contributed by atoms with Gasteiger partial charge < -0.3 is 4.57 Å². The molecule has 0 spiro atoms. The van der Waals surface area contributed by atoms with Gasteiger partial charge in [0.15, 0.2) is 0 Å². The lowest BCUT2D eigenvalue weighted by Crippen LogP contribution is -2.25. The highest BCUT2D eigenvalue weighted by molar-refractivity contribution is 5.81. The summed E-state index contributed by atoms with van der Waals surface area (Å²) in [6, 6.07) is 11.0. The third-order valence-electron chi connectivity index (χ3n) is 5.89. The van der Waals surface area contributed by atoms with Crippen LogP contribution in [0, 0.1) is 0 Å². The maximum Gasteiger partial charge on any atom is 0.150 e. The molecular formula is C21H25N5. The van der Waals surface area contributed by atoms with Crippen LogP contribution in [0.2, 0.25) is 0 Å². The first-order chi connectivity index (χ1) is 12.9. The topological polar surface area (TPSA) is 46.8 Å². The van der Waals surface area contributed by atoms with Crippen molar-refractivity contribution in [2.75, 3.05) is 6.54 Å². The third-order valence-corrected chi connectivity index (χ3v) is 5.89. The van der Waals surface area contributed by atoms with Gasteiger partial charge in [-0.25, -0.2) is 0 Å². The molecule has 0 bridgehead atoms. The molecule has 2 aliphatic heterocycles. The van der Waals surface area contributed by atoms with Gasteiger partial charge in [0, 0.05) is 31.1 Å². The minimum absolute atomic E-state index is 0.383. The fraction of sp³-hybridized carbons (Fsp3) is 0.476. The molecule has 1 fully saturated rings. The maximum absolute atomic E-state index is 4.63. The average Bonchev–Trinajstić information content (AvgIpc) is 3.22. The molecule has 0 amide bonds. The predicted octanol–water partition coefficient (Wildman–Crippen LogP) is 3.89. The molecule has 3 aromatic rings. The maximum atomic E-state index is 4.63. The molecule has 1 saturated heterocycles. The minimum Gasteiger partial charge on any atom is -0.314 e. The van der Waals surface area contributed by atoms with Crippen molar-refractivity contribution in [2.45, 2.75) is 57.7 Å². The first kappa shape index (κ1) is 15.9. The van der Waals surface area contributed by atoms with Crippen LogP contribution in [0.4, 0.5) is 0 Å². The summed E-state index contributed by atoms with van der Waals surface area (Å²) < 4.78 is 2.41. The average molecular weight is 347 g/mol. The van der Waals surface area contributed by atoms with Crippen LogP contribution in [0.5, 0.6) is 0 Å². The van der Waals surface area contributed by atoms with E-state index in [1.54, 1.807) is 0 Å². The number of benzene rings is 1. The van der Waals surface area contributed by atoms with E-state index in [1.165, 1.54) is 54.7 Å². The molecule has 0 radical (unpaired) electrons. The quantitative estimate of drug-likeness (QED) is 0.721. The van der Waals surface area contributed by atoms with Gasteiger partial charge in [-0.3, -0.25) is 9.88 Å². The number of hydrogen-bond acceptors (Lipinski definition) is 4. The standard InChI is InChI=1S/C21H25N5/c1-2-11-19-23-24-21(26(19)14-3-1)18-10-6-13-25(18)15-17-8-4-7-16-9-5-12-22-20(16)17/h4-5,7-9,12,18H,1-3,6,10-11,13-15H2/t18-/m1/s1. The smallest absolute Gasteiger partial charge is 0.150 e. The third kappa shape index (κ3) is 2.80. The fourth-order valence-corrected chi connectivity index (χ4v) is 4.58. The Hall–Kier alpha value is -2.27. The van der Waals surface area contributed by atoms with E-state index >= 15 is 0 Å². The second-order valence-corrected chi connectivity index (χ2v) is 7.56. The Morgan fingerprint density at radius 1 is 0.962 bits per heavy atom. The summed E-state index contributed by atoms with van der Waals surface area (Å²) >= 11 is 0. The first-order valence-corrected chi connectivity index (χ1v) is 9.89. The van der Waals surface area contributed by atoms with Crippen LogP contribution in [0.25, 0.3) is 10.9 Å². The lowest BCUT2D eigenvalue weighted by Gasteiger charge is -2.25. The van der Waals surface area contributed by atoms with E-state index in [4.69, 9.17) is 0 Å². The molecule has 0 N–H and O–H groups in total. The molecule has 0 saturated carbocycles. The van der Waals surface area contributed by atoms with Crippen LogP contribution in [0.1, 0.15) is 55.4 Å². The SMILES string of the molecule is c1cnc2c(CN3CCC[C@@H]3c3nnc4n3CCCCC4)cccc2c1. The summed E-state index contributed by atoms with van der Waals surface area (Å²) in [6.45, 7) is 3.13. The van der Waals surface area contributed by atoms with Gasteiger partial charge in [-0.05, 0) is 43.9 Å². The lowest BCUT2D eigenvalue weighted by atomic mass is 10.1. The monoisotopic (exact) mass is 347 g/mol. The van der Waals surface area contributed by atoms with E-state index in [0.717, 1.165) is 31.6 Å². The van der Waals surface area contributed by atoms with Gasteiger partial charge in [-0.15, -0.1) is 10.2 Å². The predicted molar refractivity (Wildman–Crippen MR) is 102 cm³/mol. The Labute approximate surface area is 154 Å². The molecule has 26 heavy (non-hydrogen) atoms. The number of aromatic nitrogens is 4. The fourth-order valence-electron chi connectivity index (χ4n) is 4.58. The molecule has 2 aliphatic rings. The number of aryl methyl sites for hydroxylation is 1. The van der Waals surface area contributed by atoms with Gasteiger partial charge in [0.05, 0.1) is 11.6 Å². The van der Waals surface area contributed by atoms with Crippen LogP contribution in [-0.2, 0) is 19.5 Å². The Bertz CT molecular complexity index is 910. The van der Waals surface area contributed by atoms with Gasteiger partial charge in [-0.2, -0.15) is 0 Å². The Kier molecular flexibility index (Phi) is 4.17. The van der Waals surface area contributed by atoms with Crippen molar-refractivity contribution in [1.29, 1.82) is 0 Å². The summed E-state index contributed by atoms with van der Waals surface area (Å²) in [5, 5.41) is 10.4. The van der Waals surface area contributed by atoms with Crippen LogP contribution >= 0.6 is 0 Å². The van der Waals surface area contributed by atoms with E-state index < -0.39 is 0 Å². The van der Waals surface area contributed by atoms with Gasteiger partial charge in [0.1, 0.15) is 11.6 Å². The normalized spacial score (nSPS) is 21.0. The second-order valence-electron chi connectivity index (χ2n) is 7.56. The first-order valence-electron chi connectivity index (χ1n) is 9.89. The zero-order valence-electron chi connectivity index (χ0n) is 15.1. The number of pyridine rings is 1. The number of rotatable bonds is 3. The van der Waals surface area contributed by atoms with Crippen molar-refractivity contribution in [3.63, 3.8) is 0 Å². The van der Waals surface area contributed by atoms with Gasteiger partial charge in [0.2, 0.25) is 0 Å². The highest BCUT2D eigenvalue weighted by Crippen LogP contribution is 2.34. The minimum atomic E-state index is 0.383. The lowest BCUT2D eigenvalue weighted by molar-refractivity contribution is 0.235. The summed E-state index contributed by atoms with van der Waals surface area (Å²) in [7, 11) is 0. The van der Waals surface area contributed by atoms with E-state index in [2.05, 4.69) is 48.9 Å². The molecule has 5 heteroatoms. The number of likely N-dealkylation sites (tertiary alicyclic amines) is 1. The summed E-state index contributed by atoms with van der Waals surface area (Å²) in [5.41, 5.74) is 2.44. The van der Waals surface area contributed by atoms with E-state index in [1.807, 2.05) is 12.3 Å². The molecule has 2 aromatic heterocycles. The second kappa shape index (κ2) is 6.80. The van der Waals surface area contributed by atoms with Crippen molar-refractivity contribution in [1.82, 2.24) is 24.6 Å². The van der Waals surface area contributed by atoms with E-state index in [9.17, 15) is 0 Å². The number of nitrogens with zero attached hydrogens (tertiary/aromatic N) is 5. The Morgan fingerprint density at radius 3 is 2.92 bits per heavy atom. The molecule has 0 unspecified atom stereocenters.